The van der Waals surface area contributed by atoms with Crippen molar-refractivity contribution in [3.63, 3.8) is 0 Å². The van der Waals surface area contributed by atoms with Gasteiger partial charge in [-0.1, -0.05) is 30.3 Å². The molecule has 1 aromatic carbocycles. The summed E-state index contributed by atoms with van der Waals surface area (Å²) in [5.74, 6) is 0.685. The lowest BCUT2D eigenvalue weighted by Gasteiger charge is -2.23. The summed E-state index contributed by atoms with van der Waals surface area (Å²) in [5, 5.41) is 8.35. The summed E-state index contributed by atoms with van der Waals surface area (Å²) in [6, 6.07) is 10.3. The highest BCUT2D eigenvalue weighted by atomic mass is 16.1. The first-order valence-electron chi connectivity index (χ1n) is 8.02. The zero-order valence-corrected chi connectivity index (χ0v) is 12.8. The third-order valence-corrected chi connectivity index (χ3v) is 4.38. The number of aromatic amines is 1. The second-order valence-electron chi connectivity index (χ2n) is 5.98. The molecule has 0 bridgehead atoms. The molecule has 2 aromatic heterocycles. The van der Waals surface area contributed by atoms with E-state index in [1.54, 1.807) is 6.20 Å². The lowest BCUT2D eigenvalue weighted by Crippen LogP contribution is -2.30. The highest BCUT2D eigenvalue weighted by Gasteiger charge is 2.20. The first kappa shape index (κ1) is 14.1. The molecule has 0 saturated carbocycles. The fraction of sp³-hybridized carbons (Fsp3) is 0.353. The number of rotatable bonds is 3. The molecule has 6 nitrogen and oxygen atoms in total. The largest absolute Gasteiger partial charge is 0.317 e. The summed E-state index contributed by atoms with van der Waals surface area (Å²) in [5.41, 5.74) is 1.72. The molecule has 1 aliphatic rings. The summed E-state index contributed by atoms with van der Waals surface area (Å²) in [6.45, 7) is 1.96. The van der Waals surface area contributed by atoms with Crippen LogP contribution in [0.2, 0.25) is 0 Å². The summed E-state index contributed by atoms with van der Waals surface area (Å²) in [7, 11) is 0. The number of hydrogen-bond donors (Lipinski definition) is 2. The van der Waals surface area contributed by atoms with E-state index in [1.807, 2.05) is 35.0 Å². The third kappa shape index (κ3) is 2.77. The SMILES string of the molecule is O=c1[nH]c(Cc2ccccc2)nc2c1cnn2C1CCNCC1. The van der Waals surface area contributed by atoms with E-state index in [0.29, 0.717) is 29.3 Å². The minimum Gasteiger partial charge on any atom is -0.317 e. The smallest absolute Gasteiger partial charge is 0.262 e. The number of fused-ring (bicyclic) bond motifs is 1. The van der Waals surface area contributed by atoms with Crippen molar-refractivity contribution < 1.29 is 0 Å². The molecule has 118 valence electrons. The van der Waals surface area contributed by atoms with Gasteiger partial charge in [0.25, 0.3) is 5.56 Å². The molecule has 0 unspecified atom stereocenters. The zero-order chi connectivity index (χ0) is 15.6. The Morgan fingerprint density at radius 2 is 1.96 bits per heavy atom. The van der Waals surface area contributed by atoms with Crippen LogP contribution in [0.25, 0.3) is 11.0 Å². The summed E-state index contributed by atoms with van der Waals surface area (Å²) in [4.78, 5) is 19.9. The van der Waals surface area contributed by atoms with Crippen molar-refractivity contribution in [3.8, 4) is 0 Å². The van der Waals surface area contributed by atoms with E-state index in [-0.39, 0.29) is 5.56 Å². The van der Waals surface area contributed by atoms with Crippen molar-refractivity contribution in [1.82, 2.24) is 25.1 Å². The first-order chi connectivity index (χ1) is 11.3. The number of nitrogens with one attached hydrogen (secondary N) is 2. The van der Waals surface area contributed by atoms with Crippen molar-refractivity contribution in [2.75, 3.05) is 13.1 Å². The minimum atomic E-state index is -0.110. The molecule has 4 rings (SSSR count). The molecule has 0 radical (unpaired) electrons. The van der Waals surface area contributed by atoms with Gasteiger partial charge in [-0.25, -0.2) is 9.67 Å². The van der Waals surface area contributed by atoms with E-state index in [0.717, 1.165) is 31.5 Å². The van der Waals surface area contributed by atoms with Gasteiger partial charge in [0.2, 0.25) is 0 Å². The Bertz CT molecular complexity index is 862. The Morgan fingerprint density at radius 3 is 2.74 bits per heavy atom. The molecule has 1 saturated heterocycles. The molecule has 3 heterocycles. The molecule has 2 N–H and O–H groups in total. The highest BCUT2D eigenvalue weighted by Crippen LogP contribution is 2.21. The number of benzene rings is 1. The van der Waals surface area contributed by atoms with Crippen LogP contribution in [0, 0.1) is 0 Å². The topological polar surface area (TPSA) is 75.6 Å². The number of hydrogen-bond acceptors (Lipinski definition) is 4. The quantitative estimate of drug-likeness (QED) is 0.771. The van der Waals surface area contributed by atoms with Crippen molar-refractivity contribution >= 4 is 11.0 Å². The average Bonchev–Trinajstić information content (AvgIpc) is 3.01. The maximum absolute atomic E-state index is 12.3. The Morgan fingerprint density at radius 1 is 1.17 bits per heavy atom. The van der Waals surface area contributed by atoms with E-state index < -0.39 is 0 Å². The van der Waals surface area contributed by atoms with Crippen LogP contribution in [0.3, 0.4) is 0 Å². The molecular weight excluding hydrogens is 290 g/mol. The lowest BCUT2D eigenvalue weighted by atomic mass is 10.1. The van der Waals surface area contributed by atoms with Crippen LogP contribution >= 0.6 is 0 Å². The molecule has 1 aliphatic heterocycles. The third-order valence-electron chi connectivity index (χ3n) is 4.38. The fourth-order valence-electron chi connectivity index (χ4n) is 3.17. The maximum atomic E-state index is 12.3. The summed E-state index contributed by atoms with van der Waals surface area (Å²) in [6.07, 6.45) is 4.28. The lowest BCUT2D eigenvalue weighted by molar-refractivity contribution is 0.349. The van der Waals surface area contributed by atoms with Crippen LogP contribution in [0.15, 0.2) is 41.3 Å². The Labute approximate surface area is 133 Å². The number of nitrogens with zero attached hydrogens (tertiary/aromatic N) is 3. The van der Waals surface area contributed by atoms with Crippen molar-refractivity contribution in [2.24, 2.45) is 0 Å². The second kappa shape index (κ2) is 5.96. The van der Waals surface area contributed by atoms with Gasteiger partial charge in [-0.15, -0.1) is 0 Å². The van der Waals surface area contributed by atoms with Crippen molar-refractivity contribution in [1.29, 1.82) is 0 Å². The van der Waals surface area contributed by atoms with Crippen LogP contribution < -0.4 is 10.9 Å². The van der Waals surface area contributed by atoms with Crippen molar-refractivity contribution in [3.05, 3.63) is 58.3 Å². The van der Waals surface area contributed by atoms with E-state index in [2.05, 4.69) is 15.4 Å². The molecule has 23 heavy (non-hydrogen) atoms. The zero-order valence-electron chi connectivity index (χ0n) is 12.8. The predicted molar refractivity (Wildman–Crippen MR) is 88.5 cm³/mol. The van der Waals surface area contributed by atoms with Crippen LogP contribution in [0.4, 0.5) is 0 Å². The first-order valence-corrected chi connectivity index (χ1v) is 8.02. The molecule has 6 heteroatoms. The van der Waals surface area contributed by atoms with Gasteiger partial charge in [-0.3, -0.25) is 4.79 Å². The highest BCUT2D eigenvalue weighted by molar-refractivity contribution is 5.73. The Balaban J connectivity index is 1.74. The molecule has 0 spiro atoms. The van der Waals surface area contributed by atoms with Gasteiger partial charge in [-0.05, 0) is 31.5 Å². The van der Waals surface area contributed by atoms with Gasteiger partial charge in [0.1, 0.15) is 11.2 Å². The molecule has 0 atom stereocenters. The monoisotopic (exact) mass is 309 g/mol. The van der Waals surface area contributed by atoms with Gasteiger partial charge >= 0.3 is 0 Å². The van der Waals surface area contributed by atoms with Crippen LogP contribution in [-0.2, 0) is 6.42 Å². The van der Waals surface area contributed by atoms with Crippen LogP contribution in [0.1, 0.15) is 30.3 Å². The van der Waals surface area contributed by atoms with Gasteiger partial charge < -0.3 is 10.3 Å². The van der Waals surface area contributed by atoms with Crippen molar-refractivity contribution in [2.45, 2.75) is 25.3 Å². The Hall–Kier alpha value is -2.47. The molecular formula is C17H19N5O. The summed E-state index contributed by atoms with van der Waals surface area (Å²) >= 11 is 0. The fourth-order valence-corrected chi connectivity index (χ4v) is 3.17. The van der Waals surface area contributed by atoms with Gasteiger partial charge in [0.15, 0.2) is 5.65 Å². The Kier molecular flexibility index (Phi) is 3.67. The van der Waals surface area contributed by atoms with Crippen LogP contribution in [-0.4, -0.2) is 32.8 Å². The molecule has 1 fully saturated rings. The van der Waals surface area contributed by atoms with Gasteiger partial charge in [-0.2, -0.15) is 5.10 Å². The molecule has 0 amide bonds. The molecule has 0 aliphatic carbocycles. The normalized spacial score (nSPS) is 16.0. The number of aromatic nitrogens is 4. The van der Waals surface area contributed by atoms with Crippen LogP contribution in [0.5, 0.6) is 0 Å². The van der Waals surface area contributed by atoms with E-state index in [9.17, 15) is 4.79 Å². The summed E-state index contributed by atoms with van der Waals surface area (Å²) < 4.78 is 1.93. The molecule has 3 aromatic rings. The maximum Gasteiger partial charge on any atom is 0.262 e. The standard InChI is InChI=1S/C17H19N5O/c23-17-14-11-19-22(13-6-8-18-9-7-13)16(14)20-15(21-17)10-12-4-2-1-3-5-12/h1-5,11,13,18H,6-10H2,(H,20,21,23). The minimum absolute atomic E-state index is 0.110. The van der Waals surface area contributed by atoms with Gasteiger partial charge in [0.05, 0.1) is 12.2 Å². The van der Waals surface area contributed by atoms with E-state index in [4.69, 9.17) is 4.98 Å². The number of piperidine rings is 1. The van der Waals surface area contributed by atoms with E-state index >= 15 is 0 Å². The second-order valence-corrected chi connectivity index (χ2v) is 5.98. The average molecular weight is 309 g/mol. The number of H-pyrrole nitrogens is 1. The van der Waals surface area contributed by atoms with Gasteiger partial charge in [0, 0.05) is 6.42 Å². The van der Waals surface area contributed by atoms with E-state index in [1.165, 1.54) is 0 Å². The predicted octanol–water partition coefficient (Wildman–Crippen LogP) is 1.63.